The number of hydrogen-bond acceptors (Lipinski definition) is 4. The SMILES string of the molecule is CC(C)(C)c1cc(OCC2COC(CBr)O2)cc(C(C)(C)C)c1O. The molecule has 1 aliphatic heterocycles. The lowest BCUT2D eigenvalue weighted by Crippen LogP contribution is -2.22. The van der Waals surface area contributed by atoms with Crippen LogP contribution < -0.4 is 4.74 Å². The Kier molecular flexibility index (Phi) is 5.88. The van der Waals surface area contributed by atoms with Gasteiger partial charge in [-0.05, 0) is 23.0 Å². The molecule has 136 valence electrons. The molecule has 1 N–H and O–H groups in total. The molecule has 0 saturated carbocycles. The average Bonchev–Trinajstić information content (AvgIpc) is 2.91. The van der Waals surface area contributed by atoms with E-state index in [-0.39, 0.29) is 23.2 Å². The highest BCUT2D eigenvalue weighted by atomic mass is 79.9. The molecule has 1 aromatic carbocycles. The molecule has 1 aliphatic rings. The Hall–Kier alpha value is -0.780. The van der Waals surface area contributed by atoms with E-state index in [1.807, 2.05) is 12.1 Å². The molecule has 2 atom stereocenters. The third-order valence-electron chi connectivity index (χ3n) is 4.07. The summed E-state index contributed by atoms with van der Waals surface area (Å²) in [6.07, 6.45) is -0.272. The van der Waals surface area contributed by atoms with Crippen LogP contribution in [0.2, 0.25) is 0 Å². The Balaban J connectivity index is 2.23. The van der Waals surface area contributed by atoms with Crippen LogP contribution in [-0.4, -0.2) is 36.0 Å². The van der Waals surface area contributed by atoms with E-state index in [1.54, 1.807) is 0 Å². The number of phenolic OH excluding ortho intramolecular Hbond substituents is 1. The molecule has 0 spiro atoms. The van der Waals surface area contributed by atoms with Crippen molar-refractivity contribution in [3.63, 3.8) is 0 Å². The van der Waals surface area contributed by atoms with Crippen LogP contribution >= 0.6 is 15.9 Å². The molecule has 1 fully saturated rings. The number of ether oxygens (including phenoxy) is 3. The van der Waals surface area contributed by atoms with Crippen molar-refractivity contribution in [2.24, 2.45) is 0 Å². The summed E-state index contributed by atoms with van der Waals surface area (Å²) in [7, 11) is 0. The maximum absolute atomic E-state index is 10.7. The Morgan fingerprint density at radius 1 is 1.12 bits per heavy atom. The summed E-state index contributed by atoms with van der Waals surface area (Å²) in [5, 5.41) is 11.4. The zero-order valence-electron chi connectivity index (χ0n) is 15.5. The van der Waals surface area contributed by atoms with Gasteiger partial charge in [0.25, 0.3) is 0 Å². The van der Waals surface area contributed by atoms with Crippen molar-refractivity contribution in [1.82, 2.24) is 0 Å². The molecule has 0 amide bonds. The highest BCUT2D eigenvalue weighted by molar-refractivity contribution is 9.09. The third kappa shape index (κ3) is 4.64. The minimum atomic E-state index is -0.200. The number of benzene rings is 1. The Morgan fingerprint density at radius 3 is 2.08 bits per heavy atom. The van der Waals surface area contributed by atoms with Crippen LogP contribution in [-0.2, 0) is 20.3 Å². The molecule has 0 aliphatic carbocycles. The zero-order valence-corrected chi connectivity index (χ0v) is 17.1. The molecule has 1 aromatic rings. The van der Waals surface area contributed by atoms with Crippen molar-refractivity contribution in [3.05, 3.63) is 23.3 Å². The zero-order chi connectivity index (χ0) is 18.1. The van der Waals surface area contributed by atoms with E-state index < -0.39 is 0 Å². The average molecular weight is 401 g/mol. The highest BCUT2D eigenvalue weighted by Crippen LogP contribution is 2.41. The number of hydrogen-bond donors (Lipinski definition) is 1. The smallest absolute Gasteiger partial charge is 0.167 e. The molecule has 5 heteroatoms. The molecule has 2 unspecified atom stereocenters. The van der Waals surface area contributed by atoms with E-state index >= 15 is 0 Å². The minimum absolute atomic E-state index is 0.0717. The van der Waals surface area contributed by atoms with Gasteiger partial charge in [-0.15, -0.1) is 0 Å². The van der Waals surface area contributed by atoms with Crippen LogP contribution in [0.25, 0.3) is 0 Å². The summed E-state index contributed by atoms with van der Waals surface area (Å²) in [5.41, 5.74) is 1.45. The number of phenols is 1. The molecule has 2 rings (SSSR count). The van der Waals surface area contributed by atoms with Gasteiger partial charge in [0.2, 0.25) is 0 Å². The summed E-state index contributed by atoms with van der Waals surface area (Å²) in [6.45, 7) is 13.5. The second-order valence-corrected chi connectivity index (χ2v) is 9.00. The lowest BCUT2D eigenvalue weighted by Gasteiger charge is -2.28. The van der Waals surface area contributed by atoms with Crippen LogP contribution in [0.1, 0.15) is 52.7 Å². The number of alkyl halides is 1. The van der Waals surface area contributed by atoms with Crippen molar-refractivity contribution in [2.75, 3.05) is 18.5 Å². The lowest BCUT2D eigenvalue weighted by atomic mass is 9.79. The topological polar surface area (TPSA) is 47.9 Å². The first kappa shape index (κ1) is 19.5. The van der Waals surface area contributed by atoms with Gasteiger partial charge < -0.3 is 19.3 Å². The summed E-state index contributed by atoms with van der Waals surface area (Å²) in [4.78, 5) is 0. The van der Waals surface area contributed by atoms with Crippen molar-refractivity contribution in [3.8, 4) is 11.5 Å². The maximum Gasteiger partial charge on any atom is 0.167 e. The van der Waals surface area contributed by atoms with E-state index in [2.05, 4.69) is 57.5 Å². The van der Waals surface area contributed by atoms with Gasteiger partial charge in [-0.3, -0.25) is 0 Å². The predicted molar refractivity (Wildman–Crippen MR) is 99.4 cm³/mol. The fraction of sp³-hybridized carbons (Fsp3) is 0.684. The highest BCUT2D eigenvalue weighted by Gasteiger charge is 2.28. The number of rotatable bonds is 4. The van der Waals surface area contributed by atoms with Crippen molar-refractivity contribution >= 4 is 15.9 Å². The van der Waals surface area contributed by atoms with Gasteiger partial charge >= 0.3 is 0 Å². The van der Waals surface area contributed by atoms with Gasteiger partial charge in [-0.2, -0.15) is 0 Å². The van der Waals surface area contributed by atoms with Crippen LogP contribution in [0.3, 0.4) is 0 Å². The van der Waals surface area contributed by atoms with Crippen molar-refractivity contribution in [1.29, 1.82) is 0 Å². The molecular weight excluding hydrogens is 372 g/mol. The van der Waals surface area contributed by atoms with Crippen LogP contribution in [0.5, 0.6) is 11.5 Å². The van der Waals surface area contributed by atoms with Crippen molar-refractivity contribution in [2.45, 2.75) is 64.8 Å². The first-order valence-electron chi connectivity index (χ1n) is 8.36. The fourth-order valence-corrected chi connectivity index (χ4v) is 3.04. The number of halogens is 1. The van der Waals surface area contributed by atoms with Crippen LogP contribution in [0, 0.1) is 0 Å². The summed E-state index contributed by atoms with van der Waals surface area (Å²) in [6, 6.07) is 3.87. The van der Waals surface area contributed by atoms with E-state index in [4.69, 9.17) is 14.2 Å². The molecule has 0 bridgehead atoms. The normalized spacial score (nSPS) is 22.0. The Morgan fingerprint density at radius 2 is 1.67 bits per heavy atom. The van der Waals surface area contributed by atoms with Crippen LogP contribution in [0.15, 0.2) is 12.1 Å². The minimum Gasteiger partial charge on any atom is -0.507 e. The van der Waals surface area contributed by atoms with E-state index in [1.165, 1.54) is 0 Å². The molecule has 0 radical (unpaired) electrons. The van der Waals surface area contributed by atoms with Crippen molar-refractivity contribution < 1.29 is 19.3 Å². The largest absolute Gasteiger partial charge is 0.507 e. The predicted octanol–water partition coefficient (Wildman–Crippen LogP) is 4.50. The van der Waals surface area contributed by atoms with Gasteiger partial charge in [0.05, 0.1) is 11.9 Å². The van der Waals surface area contributed by atoms with E-state index in [0.29, 0.717) is 24.3 Å². The van der Waals surface area contributed by atoms with Gasteiger partial charge in [0.1, 0.15) is 24.2 Å². The second-order valence-electron chi connectivity index (χ2n) is 8.35. The molecule has 1 saturated heterocycles. The van der Waals surface area contributed by atoms with E-state index in [9.17, 15) is 5.11 Å². The first-order valence-corrected chi connectivity index (χ1v) is 9.48. The standard InChI is InChI=1S/C19H29BrO4/c1-18(2,3)14-7-12(8-15(17(14)21)19(4,5)6)22-10-13-11-23-16(9-20)24-13/h7-8,13,16,21H,9-11H2,1-6H3. The summed E-state index contributed by atoms with van der Waals surface area (Å²) >= 11 is 3.35. The summed E-state index contributed by atoms with van der Waals surface area (Å²) in [5.74, 6) is 1.12. The third-order valence-corrected chi connectivity index (χ3v) is 4.60. The molecule has 0 aromatic heterocycles. The molecular formula is C19H29BrO4. The second kappa shape index (κ2) is 7.22. The van der Waals surface area contributed by atoms with E-state index in [0.717, 1.165) is 16.9 Å². The molecule has 24 heavy (non-hydrogen) atoms. The van der Waals surface area contributed by atoms with Gasteiger partial charge in [-0.1, -0.05) is 57.5 Å². The van der Waals surface area contributed by atoms with Gasteiger partial charge in [-0.25, -0.2) is 0 Å². The first-order chi connectivity index (χ1) is 11.0. The van der Waals surface area contributed by atoms with Gasteiger partial charge in [0.15, 0.2) is 6.29 Å². The van der Waals surface area contributed by atoms with Crippen LogP contribution in [0.4, 0.5) is 0 Å². The monoisotopic (exact) mass is 400 g/mol. The lowest BCUT2D eigenvalue weighted by molar-refractivity contribution is -0.0443. The quantitative estimate of drug-likeness (QED) is 0.755. The maximum atomic E-state index is 10.7. The fourth-order valence-electron chi connectivity index (χ4n) is 2.70. The molecule has 4 nitrogen and oxygen atoms in total. The molecule has 1 heterocycles. The Labute approximate surface area is 153 Å². The Bertz CT molecular complexity index is 537. The summed E-state index contributed by atoms with van der Waals surface area (Å²) < 4.78 is 17.2. The number of aromatic hydroxyl groups is 1. The van der Waals surface area contributed by atoms with Gasteiger partial charge in [0, 0.05) is 11.1 Å².